The molecule has 0 aliphatic heterocycles. The first-order valence-corrected chi connectivity index (χ1v) is 3.79. The third kappa shape index (κ3) is 2.31. The first kappa shape index (κ1) is 8.65. The Morgan fingerprint density at radius 1 is 1.50 bits per heavy atom. The summed E-state index contributed by atoms with van der Waals surface area (Å²) in [7, 11) is 0. The Hall–Kier alpha value is -1.44. The highest BCUT2D eigenvalue weighted by molar-refractivity contribution is 6.04. The molecule has 0 fully saturated rings. The van der Waals surface area contributed by atoms with Crippen LogP contribution >= 0.6 is 0 Å². The molecule has 12 heavy (non-hydrogen) atoms. The molecule has 0 saturated heterocycles. The summed E-state index contributed by atoms with van der Waals surface area (Å²) in [5.74, 6) is 0.0168. The molecule has 2 heteroatoms. The second-order valence-corrected chi connectivity index (χ2v) is 2.83. The highest BCUT2D eigenvalue weighted by Crippen LogP contribution is 2.00. The number of carbonyl (C=O) groups excluding carboxylic acids is 1. The Labute approximate surface area is 71.9 Å². The molecule has 0 aromatic carbocycles. The summed E-state index contributed by atoms with van der Waals surface area (Å²) >= 11 is 0. The molecular formula is C10H11NO. The molecule has 1 aromatic heterocycles. The van der Waals surface area contributed by atoms with E-state index in [2.05, 4.69) is 4.98 Å². The van der Waals surface area contributed by atoms with E-state index in [0.717, 1.165) is 5.57 Å². The Balaban J connectivity index is 2.87. The molecule has 0 saturated carbocycles. The maximum Gasteiger partial charge on any atom is 0.187 e. The molecular weight excluding hydrogens is 150 g/mol. The van der Waals surface area contributed by atoms with Crippen LogP contribution in [-0.2, 0) is 0 Å². The van der Waals surface area contributed by atoms with Gasteiger partial charge in [0.25, 0.3) is 0 Å². The third-order valence-electron chi connectivity index (χ3n) is 1.37. The maximum atomic E-state index is 11.3. The quantitative estimate of drug-likeness (QED) is 0.491. The molecule has 0 aliphatic carbocycles. The smallest absolute Gasteiger partial charge is 0.187 e. The summed E-state index contributed by atoms with van der Waals surface area (Å²) in [4.78, 5) is 15.2. The second kappa shape index (κ2) is 3.81. The molecule has 0 atom stereocenters. The van der Waals surface area contributed by atoms with Crippen LogP contribution < -0.4 is 0 Å². The van der Waals surface area contributed by atoms with E-state index in [9.17, 15) is 4.79 Å². The summed E-state index contributed by atoms with van der Waals surface area (Å²) in [5, 5.41) is 0. The van der Waals surface area contributed by atoms with Crippen LogP contribution in [0.4, 0.5) is 0 Å². The first-order chi connectivity index (χ1) is 5.70. The predicted octanol–water partition coefficient (Wildman–Crippen LogP) is 2.23. The maximum absolute atomic E-state index is 11.3. The topological polar surface area (TPSA) is 30.0 Å². The van der Waals surface area contributed by atoms with Gasteiger partial charge in [0.05, 0.1) is 0 Å². The van der Waals surface area contributed by atoms with E-state index in [1.165, 1.54) is 0 Å². The Morgan fingerprint density at radius 3 is 2.75 bits per heavy atom. The van der Waals surface area contributed by atoms with Crippen molar-refractivity contribution in [3.8, 4) is 0 Å². The van der Waals surface area contributed by atoms with Gasteiger partial charge >= 0.3 is 0 Å². The summed E-state index contributed by atoms with van der Waals surface area (Å²) in [6.07, 6.45) is 4.83. The molecule has 0 spiro atoms. The van der Waals surface area contributed by atoms with Crippen molar-refractivity contribution in [3.05, 3.63) is 41.7 Å². The minimum Gasteiger partial charge on any atom is -0.289 e. The van der Waals surface area contributed by atoms with Crippen LogP contribution in [0.25, 0.3) is 0 Å². The molecule has 0 bridgehead atoms. The van der Waals surface area contributed by atoms with Crippen LogP contribution in [0.5, 0.6) is 0 Å². The fourth-order valence-corrected chi connectivity index (χ4v) is 0.854. The number of allylic oxidation sites excluding steroid dienone is 2. The van der Waals surface area contributed by atoms with E-state index < -0.39 is 0 Å². The number of hydrogen-bond acceptors (Lipinski definition) is 2. The van der Waals surface area contributed by atoms with Crippen LogP contribution in [0, 0.1) is 0 Å². The van der Waals surface area contributed by atoms with Gasteiger partial charge in [0.15, 0.2) is 5.78 Å². The number of rotatable bonds is 2. The van der Waals surface area contributed by atoms with E-state index in [4.69, 9.17) is 0 Å². The van der Waals surface area contributed by atoms with Crippen LogP contribution in [-0.4, -0.2) is 10.8 Å². The molecule has 1 heterocycles. The van der Waals surface area contributed by atoms with Gasteiger partial charge in [-0.15, -0.1) is 0 Å². The zero-order valence-electron chi connectivity index (χ0n) is 7.24. The molecule has 0 unspecified atom stereocenters. The SMILES string of the molecule is CC(C)=CC(=O)c1cccnc1. The first-order valence-electron chi connectivity index (χ1n) is 3.79. The van der Waals surface area contributed by atoms with Gasteiger partial charge in [-0.3, -0.25) is 9.78 Å². The fraction of sp³-hybridized carbons (Fsp3) is 0.200. The number of ketones is 1. The Kier molecular flexibility index (Phi) is 2.75. The monoisotopic (exact) mass is 161 g/mol. The van der Waals surface area contributed by atoms with Crippen LogP contribution in [0.3, 0.4) is 0 Å². The minimum absolute atomic E-state index is 0.0168. The van der Waals surface area contributed by atoms with Gasteiger partial charge in [-0.2, -0.15) is 0 Å². The molecule has 2 nitrogen and oxygen atoms in total. The van der Waals surface area contributed by atoms with E-state index >= 15 is 0 Å². The highest BCUT2D eigenvalue weighted by atomic mass is 16.1. The lowest BCUT2D eigenvalue weighted by Gasteiger charge is -1.93. The lowest BCUT2D eigenvalue weighted by atomic mass is 10.1. The average molecular weight is 161 g/mol. The summed E-state index contributed by atoms with van der Waals surface area (Å²) < 4.78 is 0. The lowest BCUT2D eigenvalue weighted by molar-refractivity contribution is 0.104. The van der Waals surface area contributed by atoms with Gasteiger partial charge in [0.1, 0.15) is 0 Å². The number of aromatic nitrogens is 1. The van der Waals surface area contributed by atoms with Gasteiger partial charge in [0.2, 0.25) is 0 Å². The minimum atomic E-state index is 0.0168. The second-order valence-electron chi connectivity index (χ2n) is 2.83. The number of carbonyl (C=O) groups is 1. The largest absolute Gasteiger partial charge is 0.289 e. The van der Waals surface area contributed by atoms with Crippen LogP contribution in [0.2, 0.25) is 0 Å². The van der Waals surface area contributed by atoms with E-state index in [1.54, 1.807) is 30.6 Å². The van der Waals surface area contributed by atoms with Crippen LogP contribution in [0.1, 0.15) is 24.2 Å². The van der Waals surface area contributed by atoms with Crippen molar-refractivity contribution in [1.82, 2.24) is 4.98 Å². The normalized spacial score (nSPS) is 9.17. The highest BCUT2D eigenvalue weighted by Gasteiger charge is 1.99. The van der Waals surface area contributed by atoms with Crippen molar-refractivity contribution in [2.24, 2.45) is 0 Å². The molecule has 1 aromatic rings. The number of nitrogens with zero attached hydrogens (tertiary/aromatic N) is 1. The number of hydrogen-bond donors (Lipinski definition) is 0. The van der Waals surface area contributed by atoms with E-state index in [0.29, 0.717) is 5.56 Å². The summed E-state index contributed by atoms with van der Waals surface area (Å²) in [6, 6.07) is 3.51. The molecule has 0 radical (unpaired) electrons. The number of pyridine rings is 1. The molecule has 62 valence electrons. The van der Waals surface area contributed by atoms with Gasteiger partial charge in [0, 0.05) is 18.0 Å². The van der Waals surface area contributed by atoms with Crippen molar-refractivity contribution in [2.75, 3.05) is 0 Å². The Bertz CT molecular complexity index is 297. The van der Waals surface area contributed by atoms with Crippen molar-refractivity contribution in [1.29, 1.82) is 0 Å². The van der Waals surface area contributed by atoms with E-state index in [-0.39, 0.29) is 5.78 Å². The van der Waals surface area contributed by atoms with Gasteiger partial charge in [-0.25, -0.2) is 0 Å². The van der Waals surface area contributed by atoms with Gasteiger partial charge < -0.3 is 0 Å². The fourth-order valence-electron chi connectivity index (χ4n) is 0.854. The summed E-state index contributed by atoms with van der Waals surface area (Å²) in [6.45, 7) is 3.79. The zero-order chi connectivity index (χ0) is 8.97. The van der Waals surface area contributed by atoms with Crippen molar-refractivity contribution in [3.63, 3.8) is 0 Å². The zero-order valence-corrected chi connectivity index (χ0v) is 7.24. The lowest BCUT2D eigenvalue weighted by Crippen LogP contribution is -1.94. The molecule has 1 rings (SSSR count). The van der Waals surface area contributed by atoms with Crippen molar-refractivity contribution in [2.45, 2.75) is 13.8 Å². The predicted molar refractivity (Wildman–Crippen MR) is 48.0 cm³/mol. The Morgan fingerprint density at radius 2 is 2.25 bits per heavy atom. The third-order valence-corrected chi connectivity index (χ3v) is 1.37. The molecule has 0 N–H and O–H groups in total. The van der Waals surface area contributed by atoms with Gasteiger partial charge in [-0.05, 0) is 32.1 Å². The van der Waals surface area contributed by atoms with E-state index in [1.807, 2.05) is 13.8 Å². The molecule has 0 aliphatic rings. The average Bonchev–Trinajstić information content (AvgIpc) is 2.05. The van der Waals surface area contributed by atoms with Gasteiger partial charge in [-0.1, -0.05) is 5.57 Å². The van der Waals surface area contributed by atoms with Crippen molar-refractivity contribution < 1.29 is 4.79 Å². The molecule has 0 amide bonds. The standard InChI is InChI=1S/C10H11NO/c1-8(2)6-10(12)9-4-3-5-11-7-9/h3-7H,1-2H3. The summed E-state index contributed by atoms with van der Waals surface area (Å²) in [5.41, 5.74) is 1.64. The van der Waals surface area contributed by atoms with Crippen molar-refractivity contribution >= 4 is 5.78 Å². The van der Waals surface area contributed by atoms with Crippen LogP contribution in [0.15, 0.2) is 36.2 Å².